The molecule has 1 saturated carbocycles. The van der Waals surface area contributed by atoms with Crippen molar-refractivity contribution in [2.24, 2.45) is 0 Å². The number of rotatable bonds is 4. The fourth-order valence-corrected chi connectivity index (χ4v) is 2.79. The molecule has 1 aliphatic rings. The van der Waals surface area contributed by atoms with Gasteiger partial charge in [0.05, 0.1) is 5.92 Å². The fraction of sp³-hybridized carbons (Fsp3) is 0.222. The third-order valence-electron chi connectivity index (χ3n) is 4.01. The van der Waals surface area contributed by atoms with Gasteiger partial charge in [-0.25, -0.2) is 0 Å². The van der Waals surface area contributed by atoms with Crippen molar-refractivity contribution < 1.29 is 5.21 Å². The number of allylic oxidation sites excluding steroid dienone is 2. The van der Waals surface area contributed by atoms with Crippen molar-refractivity contribution in [2.75, 3.05) is 0 Å². The lowest BCUT2D eigenvalue weighted by atomic mass is 9.81. The topological polar surface area (TPSA) is 32.3 Å². The molecule has 0 heterocycles. The number of nitrogens with one attached hydrogen (secondary N) is 1. The Balaban J connectivity index is 2.09. The van der Waals surface area contributed by atoms with Crippen molar-refractivity contribution in [3.05, 3.63) is 83.1 Å². The summed E-state index contributed by atoms with van der Waals surface area (Å²) in [6, 6.07) is 20.7. The summed E-state index contributed by atoms with van der Waals surface area (Å²) in [4.78, 5) is 0. The lowest BCUT2D eigenvalue weighted by Gasteiger charge is -2.28. The van der Waals surface area contributed by atoms with Crippen molar-refractivity contribution in [3.8, 4) is 0 Å². The Hall–Kier alpha value is -2.06. The van der Waals surface area contributed by atoms with E-state index >= 15 is 0 Å². The zero-order valence-corrected chi connectivity index (χ0v) is 11.4. The first-order valence-corrected chi connectivity index (χ1v) is 7.12. The summed E-state index contributed by atoms with van der Waals surface area (Å²) in [5.74, 6) is 0.0812. The zero-order valence-electron chi connectivity index (χ0n) is 11.4. The average Bonchev–Trinajstić information content (AvgIpc) is 2.47. The molecule has 3 rings (SSSR count). The molecule has 2 aromatic rings. The van der Waals surface area contributed by atoms with Gasteiger partial charge >= 0.3 is 0 Å². The van der Waals surface area contributed by atoms with E-state index in [4.69, 9.17) is 0 Å². The van der Waals surface area contributed by atoms with Gasteiger partial charge in [0.15, 0.2) is 0 Å². The highest BCUT2D eigenvalue weighted by Crippen LogP contribution is 2.37. The lowest BCUT2D eigenvalue weighted by Crippen LogP contribution is -2.21. The van der Waals surface area contributed by atoms with E-state index < -0.39 is 0 Å². The molecule has 0 saturated heterocycles. The van der Waals surface area contributed by atoms with Gasteiger partial charge in [-0.3, -0.25) is 10.7 Å². The fourth-order valence-electron chi connectivity index (χ4n) is 2.79. The molecule has 0 atom stereocenters. The van der Waals surface area contributed by atoms with Crippen LogP contribution in [0.15, 0.2) is 71.9 Å². The summed E-state index contributed by atoms with van der Waals surface area (Å²) >= 11 is 0. The quantitative estimate of drug-likeness (QED) is 0.811. The van der Waals surface area contributed by atoms with Crippen LogP contribution in [0, 0.1) is 0 Å². The van der Waals surface area contributed by atoms with Crippen molar-refractivity contribution >= 4 is 0 Å². The summed E-state index contributed by atoms with van der Waals surface area (Å²) in [7, 11) is 0. The second-order valence-electron chi connectivity index (χ2n) is 5.24. The molecule has 2 N–H and O–H groups in total. The number of hydrogen-bond donors (Lipinski definition) is 2. The molecule has 0 radical (unpaired) electrons. The largest absolute Gasteiger partial charge is 0.291 e. The Bertz CT molecular complexity index is 544. The van der Waals surface area contributed by atoms with E-state index in [0.717, 1.165) is 18.5 Å². The first-order valence-electron chi connectivity index (χ1n) is 7.12. The molecule has 102 valence electrons. The highest BCUT2D eigenvalue weighted by Gasteiger charge is 2.24. The lowest BCUT2D eigenvalue weighted by molar-refractivity contribution is 0.191. The SMILES string of the molecule is ONC(=C1CCC1)C(c1ccccc1)c1ccccc1. The summed E-state index contributed by atoms with van der Waals surface area (Å²) in [6.45, 7) is 0. The van der Waals surface area contributed by atoms with Gasteiger partial charge < -0.3 is 0 Å². The Labute approximate surface area is 119 Å². The van der Waals surface area contributed by atoms with Crippen LogP contribution in [0.25, 0.3) is 0 Å². The summed E-state index contributed by atoms with van der Waals surface area (Å²) in [6.07, 6.45) is 3.38. The molecule has 2 heteroatoms. The Morgan fingerprint density at radius 1 is 0.850 bits per heavy atom. The Kier molecular flexibility index (Phi) is 3.84. The molecule has 1 aliphatic carbocycles. The molecule has 0 bridgehead atoms. The molecule has 2 nitrogen and oxygen atoms in total. The highest BCUT2D eigenvalue weighted by atomic mass is 16.5. The Morgan fingerprint density at radius 2 is 1.35 bits per heavy atom. The van der Waals surface area contributed by atoms with E-state index in [-0.39, 0.29) is 5.92 Å². The first-order chi connectivity index (χ1) is 9.90. The molecule has 0 aromatic heterocycles. The molecular formula is C18H19NO. The van der Waals surface area contributed by atoms with Gasteiger partial charge in [-0.1, -0.05) is 60.7 Å². The summed E-state index contributed by atoms with van der Waals surface area (Å²) < 4.78 is 0. The maximum Gasteiger partial charge on any atom is 0.0510 e. The third kappa shape index (κ3) is 2.47. The van der Waals surface area contributed by atoms with E-state index in [0.29, 0.717) is 0 Å². The van der Waals surface area contributed by atoms with Gasteiger partial charge in [0.1, 0.15) is 0 Å². The maximum atomic E-state index is 9.65. The van der Waals surface area contributed by atoms with Crippen molar-refractivity contribution in [1.82, 2.24) is 5.48 Å². The second-order valence-corrected chi connectivity index (χ2v) is 5.24. The molecular weight excluding hydrogens is 246 g/mol. The van der Waals surface area contributed by atoms with Crippen LogP contribution in [0.1, 0.15) is 36.3 Å². The van der Waals surface area contributed by atoms with E-state index in [1.54, 1.807) is 0 Å². The monoisotopic (exact) mass is 265 g/mol. The molecule has 0 spiro atoms. The molecule has 0 aliphatic heterocycles. The normalized spacial score (nSPS) is 14.0. The van der Waals surface area contributed by atoms with E-state index in [1.807, 2.05) is 36.4 Å². The minimum absolute atomic E-state index is 0.0812. The van der Waals surface area contributed by atoms with Gasteiger partial charge in [-0.15, -0.1) is 0 Å². The van der Waals surface area contributed by atoms with Crippen LogP contribution in [0.3, 0.4) is 0 Å². The summed E-state index contributed by atoms with van der Waals surface area (Å²) in [5.41, 5.74) is 7.18. The van der Waals surface area contributed by atoms with Crippen molar-refractivity contribution in [1.29, 1.82) is 0 Å². The van der Waals surface area contributed by atoms with Gasteiger partial charge in [0.2, 0.25) is 0 Å². The third-order valence-corrected chi connectivity index (χ3v) is 4.01. The highest BCUT2D eigenvalue weighted by molar-refractivity contribution is 5.42. The van der Waals surface area contributed by atoms with Crippen LogP contribution in [0.2, 0.25) is 0 Å². The van der Waals surface area contributed by atoms with Crippen LogP contribution >= 0.6 is 0 Å². The molecule has 0 amide bonds. The van der Waals surface area contributed by atoms with Gasteiger partial charge in [0.25, 0.3) is 0 Å². The summed E-state index contributed by atoms with van der Waals surface area (Å²) in [5, 5.41) is 9.65. The Morgan fingerprint density at radius 3 is 1.70 bits per heavy atom. The standard InChI is InChI=1S/C18H19NO/c20-19-18(16-12-7-13-16)17(14-8-3-1-4-9-14)15-10-5-2-6-11-15/h1-6,8-11,17,19-20H,7,12-13H2. The predicted molar refractivity (Wildman–Crippen MR) is 80.5 cm³/mol. The minimum Gasteiger partial charge on any atom is -0.291 e. The smallest absolute Gasteiger partial charge is 0.0510 e. The minimum atomic E-state index is 0.0812. The van der Waals surface area contributed by atoms with Crippen LogP contribution in [0.4, 0.5) is 0 Å². The first kappa shape index (κ1) is 12.9. The molecule has 2 aromatic carbocycles. The van der Waals surface area contributed by atoms with Crippen LogP contribution < -0.4 is 5.48 Å². The predicted octanol–water partition coefficient (Wildman–Crippen LogP) is 4.24. The van der Waals surface area contributed by atoms with Gasteiger partial charge in [-0.2, -0.15) is 0 Å². The molecule has 0 unspecified atom stereocenters. The van der Waals surface area contributed by atoms with E-state index in [1.165, 1.54) is 23.1 Å². The number of hydrogen-bond acceptors (Lipinski definition) is 2. The van der Waals surface area contributed by atoms with Gasteiger partial charge in [-0.05, 0) is 36.0 Å². The molecule has 1 fully saturated rings. The van der Waals surface area contributed by atoms with E-state index in [9.17, 15) is 5.21 Å². The average molecular weight is 265 g/mol. The second kappa shape index (κ2) is 5.93. The van der Waals surface area contributed by atoms with Gasteiger partial charge in [0, 0.05) is 5.70 Å². The van der Waals surface area contributed by atoms with Crippen molar-refractivity contribution in [2.45, 2.75) is 25.2 Å². The van der Waals surface area contributed by atoms with E-state index in [2.05, 4.69) is 29.7 Å². The van der Waals surface area contributed by atoms with Crippen molar-refractivity contribution in [3.63, 3.8) is 0 Å². The number of benzene rings is 2. The maximum absolute atomic E-state index is 9.65. The molecule has 20 heavy (non-hydrogen) atoms. The zero-order chi connectivity index (χ0) is 13.8. The number of hydroxylamine groups is 1. The van der Waals surface area contributed by atoms with Crippen LogP contribution in [-0.2, 0) is 0 Å². The van der Waals surface area contributed by atoms with Crippen LogP contribution in [-0.4, -0.2) is 5.21 Å². The van der Waals surface area contributed by atoms with Crippen LogP contribution in [0.5, 0.6) is 0 Å².